The van der Waals surface area contributed by atoms with Crippen LogP contribution in [0, 0.1) is 25.5 Å². The van der Waals surface area contributed by atoms with Gasteiger partial charge in [-0.25, -0.2) is 13.5 Å². The molecule has 3 aromatic rings. The number of amides is 1. The maximum absolute atomic E-state index is 13.7. The molecule has 6 nitrogen and oxygen atoms in total. The number of benzene rings is 2. The van der Waals surface area contributed by atoms with Crippen molar-refractivity contribution in [3.63, 3.8) is 0 Å². The Kier molecular flexibility index (Phi) is 6.25. The molecule has 0 fully saturated rings. The highest BCUT2D eigenvalue weighted by molar-refractivity contribution is 5.95. The molecule has 0 aliphatic rings. The van der Waals surface area contributed by atoms with Crippen molar-refractivity contribution in [2.24, 2.45) is 0 Å². The molecule has 1 heterocycles. The topological polar surface area (TPSA) is 73.2 Å². The SMILES string of the molecule is Cc1nn(-c2ccccc2)c(C)c1CC(=O)OC(C)C(=O)Nc1c(F)cccc1F. The maximum Gasteiger partial charge on any atom is 0.311 e. The van der Waals surface area contributed by atoms with Crippen molar-refractivity contribution < 1.29 is 23.1 Å². The summed E-state index contributed by atoms with van der Waals surface area (Å²) >= 11 is 0. The number of nitrogens with zero attached hydrogens (tertiary/aromatic N) is 2. The van der Waals surface area contributed by atoms with Crippen LogP contribution in [0.25, 0.3) is 5.69 Å². The van der Waals surface area contributed by atoms with E-state index >= 15 is 0 Å². The highest BCUT2D eigenvalue weighted by Gasteiger charge is 2.23. The van der Waals surface area contributed by atoms with Gasteiger partial charge in [0.1, 0.15) is 17.3 Å². The number of carbonyl (C=O) groups excluding carboxylic acids is 2. The fraction of sp³-hybridized carbons (Fsp3) is 0.227. The van der Waals surface area contributed by atoms with E-state index in [2.05, 4.69) is 10.4 Å². The molecule has 156 valence electrons. The molecular weight excluding hydrogens is 392 g/mol. The van der Waals surface area contributed by atoms with Crippen molar-refractivity contribution >= 4 is 17.6 Å². The first kappa shape index (κ1) is 21.2. The van der Waals surface area contributed by atoms with Gasteiger partial charge in [0.15, 0.2) is 6.10 Å². The number of nitrogens with one attached hydrogen (secondary N) is 1. The van der Waals surface area contributed by atoms with Crippen LogP contribution in [-0.2, 0) is 20.7 Å². The van der Waals surface area contributed by atoms with Gasteiger partial charge in [-0.05, 0) is 45.0 Å². The molecular formula is C22H21F2N3O3. The zero-order chi connectivity index (χ0) is 21.8. The van der Waals surface area contributed by atoms with E-state index in [1.807, 2.05) is 37.3 Å². The van der Waals surface area contributed by atoms with E-state index < -0.39 is 35.3 Å². The van der Waals surface area contributed by atoms with Crippen LogP contribution < -0.4 is 5.32 Å². The Bertz CT molecular complexity index is 1060. The second kappa shape index (κ2) is 8.86. The highest BCUT2D eigenvalue weighted by atomic mass is 19.1. The van der Waals surface area contributed by atoms with Crippen LogP contribution in [0.5, 0.6) is 0 Å². The third-order valence-electron chi connectivity index (χ3n) is 4.65. The number of hydrogen-bond acceptors (Lipinski definition) is 4. The van der Waals surface area contributed by atoms with E-state index in [1.54, 1.807) is 11.6 Å². The summed E-state index contributed by atoms with van der Waals surface area (Å²) in [6.45, 7) is 4.96. The van der Waals surface area contributed by atoms with Gasteiger partial charge in [0, 0.05) is 11.3 Å². The van der Waals surface area contributed by atoms with E-state index in [4.69, 9.17) is 4.74 Å². The summed E-state index contributed by atoms with van der Waals surface area (Å²) in [4.78, 5) is 24.6. The summed E-state index contributed by atoms with van der Waals surface area (Å²) in [6.07, 6.45) is -1.32. The van der Waals surface area contributed by atoms with E-state index in [-0.39, 0.29) is 6.42 Å². The fourth-order valence-corrected chi connectivity index (χ4v) is 3.03. The molecule has 0 bridgehead atoms. The summed E-state index contributed by atoms with van der Waals surface area (Å²) in [5.41, 5.74) is 2.41. The predicted molar refractivity (Wildman–Crippen MR) is 107 cm³/mol. The number of ether oxygens (including phenoxy) is 1. The molecule has 0 aliphatic carbocycles. The van der Waals surface area contributed by atoms with Crippen molar-refractivity contribution in [3.05, 3.63) is 77.1 Å². The standard InChI is InChI=1S/C22H21F2N3O3/c1-13-17(14(2)27(26-13)16-8-5-4-6-9-16)12-20(28)30-15(3)22(29)25-21-18(23)10-7-11-19(21)24/h4-11,15H,12H2,1-3H3,(H,25,29). The number of rotatable bonds is 6. The van der Waals surface area contributed by atoms with Crippen LogP contribution in [-0.4, -0.2) is 27.8 Å². The van der Waals surface area contributed by atoms with E-state index in [9.17, 15) is 18.4 Å². The second-order valence-corrected chi connectivity index (χ2v) is 6.79. The van der Waals surface area contributed by atoms with Gasteiger partial charge in [-0.3, -0.25) is 9.59 Å². The lowest BCUT2D eigenvalue weighted by Gasteiger charge is -2.14. The second-order valence-electron chi connectivity index (χ2n) is 6.79. The molecule has 3 rings (SSSR count). The lowest BCUT2D eigenvalue weighted by Crippen LogP contribution is -2.31. The minimum absolute atomic E-state index is 0.0871. The molecule has 2 aromatic carbocycles. The number of esters is 1. The summed E-state index contributed by atoms with van der Waals surface area (Å²) < 4.78 is 34.3. The van der Waals surface area contributed by atoms with Gasteiger partial charge in [0.05, 0.1) is 17.8 Å². The number of aromatic nitrogens is 2. The Morgan fingerprint density at radius 3 is 2.33 bits per heavy atom. The molecule has 30 heavy (non-hydrogen) atoms. The van der Waals surface area contributed by atoms with Gasteiger partial charge in [-0.1, -0.05) is 24.3 Å². The Balaban J connectivity index is 1.67. The zero-order valence-corrected chi connectivity index (χ0v) is 16.8. The summed E-state index contributed by atoms with van der Waals surface area (Å²) in [5, 5.41) is 6.58. The normalized spacial score (nSPS) is 11.8. The largest absolute Gasteiger partial charge is 0.452 e. The number of para-hydroxylation sites is 2. The number of carbonyl (C=O) groups is 2. The van der Waals surface area contributed by atoms with Gasteiger partial charge in [-0.15, -0.1) is 0 Å². The van der Waals surface area contributed by atoms with Gasteiger partial charge < -0.3 is 10.1 Å². The summed E-state index contributed by atoms with van der Waals surface area (Å²) in [7, 11) is 0. The fourth-order valence-electron chi connectivity index (χ4n) is 3.03. The summed E-state index contributed by atoms with van der Waals surface area (Å²) in [5.74, 6) is -3.31. The molecule has 1 unspecified atom stereocenters. The molecule has 1 N–H and O–H groups in total. The molecule has 0 saturated carbocycles. The van der Waals surface area contributed by atoms with Gasteiger partial charge >= 0.3 is 5.97 Å². The first-order chi connectivity index (χ1) is 14.3. The number of halogens is 2. The van der Waals surface area contributed by atoms with Crippen LogP contribution in [0.2, 0.25) is 0 Å². The van der Waals surface area contributed by atoms with Gasteiger partial charge in [0.25, 0.3) is 5.91 Å². The minimum Gasteiger partial charge on any atom is -0.452 e. The number of anilines is 1. The van der Waals surface area contributed by atoms with Crippen molar-refractivity contribution in [1.29, 1.82) is 0 Å². The summed E-state index contributed by atoms with van der Waals surface area (Å²) in [6, 6.07) is 12.7. The number of aryl methyl sites for hydroxylation is 1. The van der Waals surface area contributed by atoms with Crippen LogP contribution in [0.1, 0.15) is 23.9 Å². The lowest BCUT2D eigenvalue weighted by molar-refractivity contribution is -0.152. The quantitative estimate of drug-likeness (QED) is 0.623. The molecule has 0 aliphatic heterocycles. The van der Waals surface area contributed by atoms with Crippen molar-refractivity contribution in [2.45, 2.75) is 33.3 Å². The van der Waals surface area contributed by atoms with Gasteiger partial charge in [0.2, 0.25) is 0 Å². The minimum atomic E-state index is -1.23. The first-order valence-corrected chi connectivity index (χ1v) is 9.32. The molecule has 8 heteroatoms. The first-order valence-electron chi connectivity index (χ1n) is 9.32. The number of hydrogen-bond donors (Lipinski definition) is 1. The monoisotopic (exact) mass is 413 g/mol. The maximum atomic E-state index is 13.7. The van der Waals surface area contributed by atoms with Crippen molar-refractivity contribution in [3.8, 4) is 5.69 Å². The van der Waals surface area contributed by atoms with Crippen LogP contribution in [0.4, 0.5) is 14.5 Å². The van der Waals surface area contributed by atoms with Crippen LogP contribution >= 0.6 is 0 Å². The average molecular weight is 413 g/mol. The zero-order valence-electron chi connectivity index (χ0n) is 16.8. The molecule has 0 radical (unpaired) electrons. The van der Waals surface area contributed by atoms with Crippen LogP contribution in [0.15, 0.2) is 48.5 Å². The molecule has 0 spiro atoms. The lowest BCUT2D eigenvalue weighted by atomic mass is 10.1. The van der Waals surface area contributed by atoms with E-state index in [0.29, 0.717) is 11.3 Å². The predicted octanol–water partition coefficient (Wildman–Crippen LogP) is 3.88. The average Bonchev–Trinajstić information content (AvgIpc) is 2.99. The van der Waals surface area contributed by atoms with Gasteiger partial charge in [-0.2, -0.15) is 5.10 Å². The van der Waals surface area contributed by atoms with Crippen molar-refractivity contribution in [1.82, 2.24) is 9.78 Å². The molecule has 1 atom stereocenters. The molecule has 0 saturated heterocycles. The third kappa shape index (κ3) is 4.53. The third-order valence-corrected chi connectivity index (χ3v) is 4.65. The Morgan fingerprint density at radius 2 is 1.70 bits per heavy atom. The Hall–Kier alpha value is -3.55. The Morgan fingerprint density at radius 1 is 1.07 bits per heavy atom. The van der Waals surface area contributed by atoms with Crippen molar-refractivity contribution in [2.75, 3.05) is 5.32 Å². The molecule has 1 amide bonds. The highest BCUT2D eigenvalue weighted by Crippen LogP contribution is 2.20. The smallest absolute Gasteiger partial charge is 0.311 e. The molecule has 1 aromatic heterocycles. The van der Waals surface area contributed by atoms with E-state index in [1.165, 1.54) is 13.0 Å². The Labute approximate surface area is 172 Å². The van der Waals surface area contributed by atoms with E-state index in [0.717, 1.165) is 23.5 Å². The van der Waals surface area contributed by atoms with Crippen LogP contribution in [0.3, 0.4) is 0 Å².